The Bertz CT molecular complexity index is 1100. The van der Waals surface area contributed by atoms with Crippen molar-refractivity contribution in [2.24, 2.45) is 5.92 Å². The summed E-state index contributed by atoms with van der Waals surface area (Å²) in [6.45, 7) is 4.47. The number of rotatable bonds is 8. The number of nitrogens with zero attached hydrogens (tertiary/aromatic N) is 3. The van der Waals surface area contributed by atoms with Crippen LogP contribution < -0.4 is 14.8 Å². The zero-order valence-electron chi connectivity index (χ0n) is 17.1. The second kappa shape index (κ2) is 8.46. The molecule has 2 aromatic carbocycles. The van der Waals surface area contributed by atoms with Crippen LogP contribution in [0.15, 0.2) is 42.5 Å². The van der Waals surface area contributed by atoms with E-state index in [1.807, 2.05) is 49.4 Å². The van der Waals surface area contributed by atoms with E-state index in [4.69, 9.17) is 9.47 Å². The number of nitrogens with one attached hydrogen (secondary N) is 1. The monoisotopic (exact) mass is 406 g/mol. The Morgan fingerprint density at radius 3 is 2.67 bits per heavy atom. The third-order valence-electron chi connectivity index (χ3n) is 4.96. The fourth-order valence-corrected chi connectivity index (χ4v) is 3.24. The van der Waals surface area contributed by atoms with Gasteiger partial charge in [0, 0.05) is 19.8 Å². The van der Waals surface area contributed by atoms with Gasteiger partial charge in [0.05, 0.1) is 23.9 Å². The summed E-state index contributed by atoms with van der Waals surface area (Å²) in [5.74, 6) is 2.05. The van der Waals surface area contributed by atoms with E-state index in [1.165, 1.54) is 19.8 Å². The molecule has 1 amide bonds. The fraction of sp³-hybridized carbons (Fsp3) is 0.348. The van der Waals surface area contributed by atoms with Crippen molar-refractivity contribution in [2.45, 2.75) is 32.7 Å². The van der Waals surface area contributed by atoms with E-state index in [2.05, 4.69) is 16.5 Å². The topological polar surface area (TPSA) is 89.2 Å². The van der Waals surface area contributed by atoms with Crippen LogP contribution in [0, 0.1) is 17.2 Å². The molecule has 0 radical (unpaired) electrons. The molecule has 1 saturated carbocycles. The van der Waals surface area contributed by atoms with E-state index in [0.29, 0.717) is 24.0 Å². The minimum absolute atomic E-state index is 0. The van der Waals surface area contributed by atoms with Crippen LogP contribution in [0.2, 0.25) is 0 Å². The highest BCUT2D eigenvalue weighted by Gasteiger charge is 2.22. The number of hydrogen-bond acceptors (Lipinski definition) is 5. The zero-order chi connectivity index (χ0) is 21.1. The maximum Gasteiger partial charge on any atom is 0.217 e. The van der Waals surface area contributed by atoms with E-state index in [1.54, 1.807) is 4.68 Å². The minimum Gasteiger partial charge on any atom is -0.493 e. The molecule has 4 rings (SSSR count). The molecule has 1 aliphatic carbocycles. The van der Waals surface area contributed by atoms with Crippen LogP contribution in [0.3, 0.4) is 0 Å². The maximum absolute atomic E-state index is 11.1. The highest BCUT2D eigenvalue weighted by atomic mass is 16.5. The number of hydrogen-bond donors (Lipinski definition) is 1. The van der Waals surface area contributed by atoms with Crippen LogP contribution in [0.1, 0.15) is 33.8 Å². The number of amides is 1. The van der Waals surface area contributed by atoms with Gasteiger partial charge in [-0.05, 0) is 62.1 Å². The number of aromatic nitrogens is 2. The first-order valence-corrected chi connectivity index (χ1v) is 10.1. The number of nitriles is 1. The normalized spacial score (nSPS) is 14.2. The van der Waals surface area contributed by atoms with Gasteiger partial charge in [-0.2, -0.15) is 10.4 Å². The summed E-state index contributed by atoms with van der Waals surface area (Å²) in [6.07, 6.45) is 2.47. The van der Waals surface area contributed by atoms with E-state index in [-0.39, 0.29) is 13.4 Å². The summed E-state index contributed by atoms with van der Waals surface area (Å²) in [4.78, 5) is 11.1. The number of benzene rings is 2. The van der Waals surface area contributed by atoms with Crippen LogP contribution in [-0.4, -0.2) is 34.9 Å². The van der Waals surface area contributed by atoms with Gasteiger partial charge in [0.15, 0.2) is 5.69 Å². The Labute approximate surface area is 176 Å². The van der Waals surface area contributed by atoms with E-state index in [0.717, 1.165) is 28.9 Å². The van der Waals surface area contributed by atoms with Gasteiger partial charge >= 0.3 is 0 Å². The first-order chi connectivity index (χ1) is 14.5. The molecule has 0 bridgehead atoms. The second-order valence-corrected chi connectivity index (χ2v) is 7.71. The van der Waals surface area contributed by atoms with E-state index in [9.17, 15) is 10.1 Å². The minimum atomic E-state index is -0.0858. The van der Waals surface area contributed by atoms with Crippen molar-refractivity contribution >= 4 is 16.8 Å². The van der Waals surface area contributed by atoms with Crippen LogP contribution in [0.4, 0.5) is 0 Å². The molecule has 0 unspecified atom stereocenters. The summed E-state index contributed by atoms with van der Waals surface area (Å²) in [5, 5.41) is 17.9. The second-order valence-electron chi connectivity index (χ2n) is 7.71. The van der Waals surface area contributed by atoms with Crippen molar-refractivity contribution in [1.29, 1.82) is 5.26 Å². The summed E-state index contributed by atoms with van der Waals surface area (Å²) >= 11 is 0. The predicted molar refractivity (Wildman–Crippen MR) is 115 cm³/mol. The summed E-state index contributed by atoms with van der Waals surface area (Å²) in [7, 11) is 0. The summed E-state index contributed by atoms with van der Waals surface area (Å²) in [5.41, 5.74) is 1.97. The van der Waals surface area contributed by atoms with Crippen LogP contribution in [0.25, 0.3) is 16.6 Å². The van der Waals surface area contributed by atoms with Crippen molar-refractivity contribution < 1.29 is 15.7 Å². The average molecular weight is 406 g/mol. The molecule has 1 heterocycles. The van der Waals surface area contributed by atoms with Crippen LogP contribution in [0.5, 0.6) is 11.5 Å². The lowest BCUT2D eigenvalue weighted by atomic mass is 10.2. The first-order valence-electron chi connectivity index (χ1n) is 10.1. The van der Waals surface area contributed by atoms with Gasteiger partial charge in [0.2, 0.25) is 5.91 Å². The lowest BCUT2D eigenvalue weighted by Crippen LogP contribution is -2.35. The molecule has 7 nitrogen and oxygen atoms in total. The van der Waals surface area contributed by atoms with Gasteiger partial charge in [0.25, 0.3) is 0 Å². The third-order valence-corrected chi connectivity index (χ3v) is 4.96. The molecule has 30 heavy (non-hydrogen) atoms. The van der Waals surface area contributed by atoms with E-state index >= 15 is 0 Å². The highest BCUT2D eigenvalue weighted by Crippen LogP contribution is 2.31. The summed E-state index contributed by atoms with van der Waals surface area (Å²) < 4.78 is 13.2. The van der Waals surface area contributed by atoms with Crippen LogP contribution in [-0.2, 0) is 4.79 Å². The maximum atomic E-state index is 11.1. The third kappa shape index (κ3) is 4.54. The van der Waals surface area contributed by atoms with Gasteiger partial charge in [-0.3, -0.25) is 4.79 Å². The van der Waals surface area contributed by atoms with Crippen LogP contribution >= 0.6 is 0 Å². The van der Waals surface area contributed by atoms with E-state index < -0.39 is 0 Å². The van der Waals surface area contributed by atoms with Crippen molar-refractivity contribution in [1.82, 2.24) is 15.1 Å². The Hall–Kier alpha value is -3.53. The zero-order valence-corrected chi connectivity index (χ0v) is 17.1. The average Bonchev–Trinajstić information content (AvgIpc) is 3.49. The van der Waals surface area contributed by atoms with Crippen molar-refractivity contribution in [3.05, 3.63) is 48.2 Å². The largest absolute Gasteiger partial charge is 0.493 e. The van der Waals surface area contributed by atoms with Crippen molar-refractivity contribution in [2.75, 3.05) is 13.2 Å². The fourth-order valence-electron chi connectivity index (χ4n) is 3.24. The van der Waals surface area contributed by atoms with Crippen molar-refractivity contribution in [3.8, 4) is 23.3 Å². The molecule has 3 aromatic rings. The first kappa shape index (κ1) is 19.8. The van der Waals surface area contributed by atoms with Gasteiger partial charge in [-0.25, -0.2) is 4.68 Å². The molecule has 1 N–H and O–H groups in total. The number of ether oxygens (including phenoxy) is 2. The molecule has 0 spiro atoms. The number of carbonyl (C=O) groups is 1. The Morgan fingerprint density at radius 1 is 1.27 bits per heavy atom. The lowest BCUT2D eigenvalue weighted by molar-refractivity contribution is -0.119. The van der Waals surface area contributed by atoms with Crippen molar-refractivity contribution in [3.63, 3.8) is 0 Å². The molecule has 0 aliphatic heterocycles. The van der Waals surface area contributed by atoms with Gasteiger partial charge in [-0.15, -0.1) is 0 Å². The Morgan fingerprint density at radius 2 is 2.00 bits per heavy atom. The van der Waals surface area contributed by atoms with Gasteiger partial charge < -0.3 is 14.8 Å². The number of carbonyl (C=O) groups excluding carboxylic acids is 1. The summed E-state index contributed by atoms with van der Waals surface area (Å²) in [6, 6.07) is 15.2. The Balaban J connectivity index is 0.00000272. The molecular formula is C23H26N4O3. The van der Waals surface area contributed by atoms with Gasteiger partial charge in [-0.1, -0.05) is 0 Å². The quantitative estimate of drug-likeness (QED) is 0.614. The predicted octanol–water partition coefficient (Wildman–Crippen LogP) is 3.84. The molecule has 156 valence electrons. The molecule has 1 aliphatic rings. The molecule has 0 saturated heterocycles. The highest BCUT2D eigenvalue weighted by molar-refractivity contribution is 5.85. The van der Waals surface area contributed by atoms with Gasteiger partial charge in [0.1, 0.15) is 24.2 Å². The molecule has 1 aromatic heterocycles. The molecule has 7 heteroatoms. The molecule has 1 atom stereocenters. The number of fused-ring (bicyclic) bond motifs is 1. The Kier molecular flexibility index (Phi) is 5.57. The molecule has 1 fully saturated rings. The SMILES string of the molecule is CC(=O)N[C@@H](C)COc1ccc(-n2nc3cc(OCC4CC4)ccc3c2C#N)cc1.[HH]. The smallest absolute Gasteiger partial charge is 0.217 e. The standard InChI is InChI=1S/C23H24N4O3.H2/c1-15(25-16(2)28)13-29-19-7-5-18(6-8-19)27-23(12-24)21-10-9-20(11-22(21)26-27)30-14-17-3-4-17;/h5-11,15,17H,3-4,13-14H2,1-2H3,(H,25,28);1H/t15-;/m0./s1. The molecular weight excluding hydrogens is 380 g/mol. The lowest BCUT2D eigenvalue weighted by Gasteiger charge is -2.14.